The molecule has 12 nitrogen and oxygen atoms in total. The highest BCUT2D eigenvalue weighted by atomic mass is 16.6. The van der Waals surface area contributed by atoms with E-state index in [0.717, 1.165) is 50.5 Å². The lowest BCUT2D eigenvalue weighted by atomic mass is 9.88. The van der Waals surface area contributed by atoms with Crippen LogP contribution in [0.1, 0.15) is 105 Å². The molecule has 4 aliphatic heterocycles. The third-order valence-corrected chi connectivity index (χ3v) is 14.7. The number of piperidine rings is 2. The molecule has 8 heterocycles. The van der Waals surface area contributed by atoms with Gasteiger partial charge in [0.15, 0.2) is 0 Å². The van der Waals surface area contributed by atoms with Gasteiger partial charge in [-0.05, 0) is 159 Å². The molecule has 4 saturated heterocycles. The molecule has 4 aromatic heterocycles. The van der Waals surface area contributed by atoms with Crippen LogP contribution in [-0.2, 0) is 4.74 Å². The van der Waals surface area contributed by atoms with Crippen molar-refractivity contribution in [2.24, 2.45) is 0 Å². The Balaban J connectivity index is 0.000000185. The molecule has 68 heavy (non-hydrogen) atoms. The Hall–Kier alpha value is -5.43. The molecular formula is C56H78N10O2. The maximum absolute atomic E-state index is 12.5. The number of rotatable bonds is 8. The fraction of sp³-hybridized carbons (Fsp3) is 0.518. The molecule has 0 spiro atoms. The smallest absolute Gasteiger partial charge is 0.410 e. The van der Waals surface area contributed by atoms with E-state index in [9.17, 15) is 4.79 Å². The number of aromatic nitrogens is 4. The number of amides is 1. The van der Waals surface area contributed by atoms with E-state index in [-0.39, 0.29) is 13.5 Å². The first-order chi connectivity index (χ1) is 32.4. The number of fused-ring (bicyclic) bond motifs is 2. The lowest BCUT2D eigenvalue weighted by molar-refractivity contribution is 0.0240. The van der Waals surface area contributed by atoms with Gasteiger partial charge in [0.25, 0.3) is 0 Å². The summed E-state index contributed by atoms with van der Waals surface area (Å²) in [6, 6.07) is 28.5. The van der Waals surface area contributed by atoms with E-state index in [4.69, 9.17) is 4.74 Å². The molecule has 0 aliphatic carbocycles. The fourth-order valence-corrected chi connectivity index (χ4v) is 10.6. The van der Waals surface area contributed by atoms with Crippen molar-refractivity contribution in [3.05, 3.63) is 109 Å². The molecule has 10 rings (SSSR count). The molecule has 6 aromatic rings. The summed E-state index contributed by atoms with van der Waals surface area (Å²) >= 11 is 0. The SMILES string of the molecule is C.CC(C)N1CCC(c2ccc(-c3cc4c(N5CCN(C(=O)OC(C)(C)C)CC5)ccnn4c3)cc2)CC1.CC(C)N1CCC(c2ccc(-c3cc4c(N5CCNCC5)ccnn4c3)cc2)CC1. The predicted octanol–water partition coefficient (Wildman–Crippen LogP) is 10.3. The van der Waals surface area contributed by atoms with Gasteiger partial charge in [-0.1, -0.05) is 56.0 Å². The van der Waals surface area contributed by atoms with Crippen molar-refractivity contribution < 1.29 is 9.53 Å². The van der Waals surface area contributed by atoms with Gasteiger partial charge in [0.05, 0.1) is 22.4 Å². The number of ether oxygens (including phenoxy) is 1. The molecule has 4 fully saturated rings. The number of piperazine rings is 2. The molecule has 0 radical (unpaired) electrons. The van der Waals surface area contributed by atoms with E-state index in [2.05, 4.69) is 148 Å². The zero-order valence-electron chi connectivity index (χ0n) is 41.2. The van der Waals surface area contributed by atoms with Gasteiger partial charge in [-0.3, -0.25) is 0 Å². The molecule has 0 atom stereocenters. The summed E-state index contributed by atoms with van der Waals surface area (Å²) in [5, 5.41) is 12.6. The summed E-state index contributed by atoms with van der Waals surface area (Å²) in [7, 11) is 0. The van der Waals surface area contributed by atoms with Gasteiger partial charge in [0.1, 0.15) is 5.60 Å². The topological polar surface area (TPSA) is 89.1 Å². The molecule has 364 valence electrons. The molecule has 12 heteroatoms. The van der Waals surface area contributed by atoms with Gasteiger partial charge in [0, 0.05) is 100 Å². The Bertz CT molecular complexity index is 2540. The van der Waals surface area contributed by atoms with Crippen molar-refractivity contribution in [2.75, 3.05) is 88.3 Å². The van der Waals surface area contributed by atoms with Crippen molar-refractivity contribution in [1.82, 2.24) is 39.2 Å². The van der Waals surface area contributed by atoms with Crippen molar-refractivity contribution >= 4 is 28.5 Å². The standard InChI is InChI=1S/C30H41N5O2.C25H33N5.CH4/c1-22(2)32-14-11-25(12-15-32)23-6-8-24(9-7-23)26-20-28-27(10-13-31-35(28)21-26)33-16-18-34(19-17-33)29(36)37-30(3,4)5;1-19(2)28-13-8-22(9-14-28)20-3-5-21(6-4-20)23-17-25-24(7-10-27-30(25)18-23)29-15-11-26-12-16-29;/h6-10,13,20-22,25H,11-12,14-19H2,1-5H3;3-7,10,17-19,22,26H,8-9,11-16H2,1-2H3;1H4. The number of carbonyl (C=O) groups is 1. The lowest BCUT2D eigenvalue weighted by Gasteiger charge is -2.36. The van der Waals surface area contributed by atoms with Crippen molar-refractivity contribution in [3.8, 4) is 22.3 Å². The number of nitrogens with zero attached hydrogens (tertiary/aromatic N) is 9. The third kappa shape index (κ3) is 11.4. The molecule has 1 N–H and O–H groups in total. The predicted molar refractivity (Wildman–Crippen MR) is 280 cm³/mol. The Morgan fingerprint density at radius 3 is 1.38 bits per heavy atom. The first-order valence-corrected chi connectivity index (χ1v) is 25.2. The number of carbonyl (C=O) groups excluding carboxylic acids is 1. The summed E-state index contributed by atoms with van der Waals surface area (Å²) < 4.78 is 9.56. The van der Waals surface area contributed by atoms with Crippen molar-refractivity contribution in [1.29, 1.82) is 0 Å². The first kappa shape index (κ1) is 49.0. The van der Waals surface area contributed by atoms with Crippen LogP contribution in [0.5, 0.6) is 0 Å². The highest BCUT2D eigenvalue weighted by molar-refractivity contribution is 5.81. The van der Waals surface area contributed by atoms with Gasteiger partial charge in [0.2, 0.25) is 0 Å². The summed E-state index contributed by atoms with van der Waals surface area (Å²) in [6.07, 6.45) is 12.8. The summed E-state index contributed by atoms with van der Waals surface area (Å²) in [6.45, 7) is 26.7. The van der Waals surface area contributed by atoms with Crippen LogP contribution in [0.2, 0.25) is 0 Å². The lowest BCUT2D eigenvalue weighted by Crippen LogP contribution is -2.50. The molecular weight excluding hydrogens is 845 g/mol. The van der Waals surface area contributed by atoms with E-state index < -0.39 is 5.60 Å². The van der Waals surface area contributed by atoms with Gasteiger partial charge < -0.3 is 34.6 Å². The van der Waals surface area contributed by atoms with Crippen LogP contribution in [0.3, 0.4) is 0 Å². The highest BCUT2D eigenvalue weighted by Gasteiger charge is 2.28. The Morgan fingerprint density at radius 2 is 0.985 bits per heavy atom. The fourth-order valence-electron chi connectivity index (χ4n) is 10.6. The van der Waals surface area contributed by atoms with Gasteiger partial charge in [-0.25, -0.2) is 13.8 Å². The van der Waals surface area contributed by atoms with Crippen molar-refractivity contribution in [3.63, 3.8) is 0 Å². The van der Waals surface area contributed by atoms with Crippen LogP contribution in [-0.4, -0.2) is 136 Å². The molecule has 2 aromatic carbocycles. The van der Waals surface area contributed by atoms with E-state index in [1.54, 1.807) is 4.90 Å². The average molecular weight is 923 g/mol. The van der Waals surface area contributed by atoms with Crippen LogP contribution in [0.25, 0.3) is 33.3 Å². The number of hydrogen-bond donors (Lipinski definition) is 1. The molecule has 0 unspecified atom stereocenters. The first-order valence-electron chi connectivity index (χ1n) is 25.2. The van der Waals surface area contributed by atoms with Crippen LogP contribution in [0, 0.1) is 0 Å². The second-order valence-corrected chi connectivity index (χ2v) is 20.8. The molecule has 4 aliphatic rings. The summed E-state index contributed by atoms with van der Waals surface area (Å²) in [5.41, 5.74) is 12.1. The Labute approximate surface area is 406 Å². The molecule has 1 amide bonds. The average Bonchev–Trinajstić information content (AvgIpc) is 4.00. The number of likely N-dealkylation sites (tertiary alicyclic amines) is 2. The van der Waals surface area contributed by atoms with Crippen LogP contribution < -0.4 is 15.1 Å². The number of benzene rings is 2. The minimum Gasteiger partial charge on any atom is -0.444 e. The summed E-state index contributed by atoms with van der Waals surface area (Å²) in [4.78, 5) is 24.3. The van der Waals surface area contributed by atoms with Gasteiger partial charge in [-0.15, -0.1) is 0 Å². The third-order valence-electron chi connectivity index (χ3n) is 14.7. The van der Waals surface area contributed by atoms with E-state index in [0.29, 0.717) is 37.0 Å². The second-order valence-electron chi connectivity index (χ2n) is 20.8. The van der Waals surface area contributed by atoms with Crippen LogP contribution in [0.15, 0.2) is 97.6 Å². The van der Waals surface area contributed by atoms with Crippen molar-refractivity contribution in [2.45, 2.75) is 111 Å². The number of nitrogens with one attached hydrogen (secondary N) is 1. The minimum absolute atomic E-state index is 0. The quantitative estimate of drug-likeness (QED) is 0.160. The Morgan fingerprint density at radius 1 is 0.574 bits per heavy atom. The monoisotopic (exact) mass is 923 g/mol. The maximum atomic E-state index is 12.5. The van der Waals surface area contributed by atoms with E-state index >= 15 is 0 Å². The van der Waals surface area contributed by atoms with E-state index in [1.807, 2.05) is 42.2 Å². The van der Waals surface area contributed by atoms with Gasteiger partial charge >= 0.3 is 6.09 Å². The maximum Gasteiger partial charge on any atom is 0.410 e. The van der Waals surface area contributed by atoms with Crippen LogP contribution in [0.4, 0.5) is 16.2 Å². The van der Waals surface area contributed by atoms with Gasteiger partial charge in [-0.2, -0.15) is 10.2 Å². The number of hydrogen-bond acceptors (Lipinski definition) is 9. The highest BCUT2D eigenvalue weighted by Crippen LogP contribution is 2.35. The normalized spacial score (nSPS) is 18.3. The zero-order valence-corrected chi connectivity index (χ0v) is 41.2. The van der Waals surface area contributed by atoms with Crippen LogP contribution >= 0.6 is 0 Å². The zero-order chi connectivity index (χ0) is 46.7. The summed E-state index contributed by atoms with van der Waals surface area (Å²) in [5.74, 6) is 1.35. The second kappa shape index (κ2) is 21.5. The Kier molecular flexibility index (Phi) is 15.5. The largest absolute Gasteiger partial charge is 0.444 e. The molecule has 0 bridgehead atoms. The molecule has 0 saturated carbocycles. The number of anilines is 2. The minimum atomic E-state index is -0.475. The van der Waals surface area contributed by atoms with E-state index in [1.165, 1.54) is 96.4 Å².